The number of aryl methyl sites for hydroxylation is 2. The van der Waals surface area contributed by atoms with Crippen LogP contribution in [-0.4, -0.2) is 12.3 Å². The van der Waals surface area contributed by atoms with Crippen LogP contribution in [0.15, 0.2) is 28.8 Å². The summed E-state index contributed by atoms with van der Waals surface area (Å²) in [4.78, 5) is 0. The van der Waals surface area contributed by atoms with Crippen LogP contribution in [0.4, 0.5) is 0 Å². The summed E-state index contributed by atoms with van der Waals surface area (Å²) in [5, 5.41) is 3.99. The second-order valence-corrected chi connectivity index (χ2v) is 6.36. The topological polar surface area (TPSA) is 35.3 Å². The standard InChI is InChI=1S/C13H15INO2/c1-9-13(10(2)17-15-9)14-8-11-4-6-12(16-3)7-5-11/h4-7H,8H2,1-3H3/q+1. The number of halogens is 1. The van der Waals surface area contributed by atoms with Crippen LogP contribution in [-0.2, 0) is 4.43 Å². The number of nitrogens with zero attached hydrogens (tertiary/aromatic N) is 1. The van der Waals surface area contributed by atoms with Crippen molar-refractivity contribution < 1.29 is 30.5 Å². The summed E-state index contributed by atoms with van der Waals surface area (Å²) < 4.78 is 12.8. The van der Waals surface area contributed by atoms with E-state index in [9.17, 15) is 0 Å². The molecule has 1 aromatic carbocycles. The summed E-state index contributed by atoms with van der Waals surface area (Å²) in [6.07, 6.45) is 0. The van der Waals surface area contributed by atoms with E-state index in [-0.39, 0.29) is 21.2 Å². The highest BCUT2D eigenvalue weighted by Crippen LogP contribution is 2.10. The first kappa shape index (κ1) is 12.4. The smallest absolute Gasteiger partial charge is 0.324 e. The third kappa shape index (κ3) is 3.00. The fraction of sp³-hybridized carbons (Fsp3) is 0.308. The maximum Gasteiger partial charge on any atom is 0.324 e. The molecule has 0 N–H and O–H groups in total. The minimum absolute atomic E-state index is 0.0692. The van der Waals surface area contributed by atoms with Gasteiger partial charge in [0, 0.05) is 12.5 Å². The van der Waals surface area contributed by atoms with Gasteiger partial charge in [0.25, 0.3) is 3.57 Å². The highest BCUT2D eigenvalue weighted by Gasteiger charge is 2.23. The Morgan fingerprint density at radius 2 is 1.94 bits per heavy atom. The normalized spacial score (nSPS) is 10.5. The summed E-state index contributed by atoms with van der Waals surface area (Å²) >= 11 is -0.0692. The van der Waals surface area contributed by atoms with Crippen LogP contribution < -0.4 is 25.9 Å². The number of methoxy groups -OCH3 is 1. The van der Waals surface area contributed by atoms with Crippen molar-refractivity contribution in [2.24, 2.45) is 0 Å². The van der Waals surface area contributed by atoms with E-state index in [0.29, 0.717) is 0 Å². The molecule has 0 unspecified atom stereocenters. The molecule has 0 saturated carbocycles. The van der Waals surface area contributed by atoms with Crippen molar-refractivity contribution in [1.29, 1.82) is 0 Å². The predicted molar refractivity (Wildman–Crippen MR) is 61.4 cm³/mol. The maximum absolute atomic E-state index is 5.18. The van der Waals surface area contributed by atoms with Gasteiger partial charge in [0.05, 0.1) is 7.11 Å². The largest absolute Gasteiger partial charge is 0.497 e. The van der Waals surface area contributed by atoms with E-state index in [1.54, 1.807) is 7.11 Å². The van der Waals surface area contributed by atoms with Crippen molar-refractivity contribution in [2.75, 3.05) is 7.11 Å². The molecule has 4 heteroatoms. The molecule has 0 saturated heterocycles. The molecule has 0 spiro atoms. The number of ether oxygens (including phenoxy) is 1. The summed E-state index contributed by atoms with van der Waals surface area (Å²) in [6, 6.07) is 8.26. The van der Waals surface area contributed by atoms with E-state index in [1.807, 2.05) is 26.0 Å². The van der Waals surface area contributed by atoms with Gasteiger partial charge in [0.2, 0.25) is 0 Å². The minimum Gasteiger partial charge on any atom is -0.497 e. The first-order valence-corrected chi connectivity index (χ1v) is 7.96. The zero-order chi connectivity index (χ0) is 12.3. The van der Waals surface area contributed by atoms with Gasteiger partial charge >= 0.3 is 21.2 Å². The van der Waals surface area contributed by atoms with Gasteiger partial charge in [-0.15, -0.1) is 0 Å². The zero-order valence-corrected chi connectivity index (χ0v) is 12.3. The van der Waals surface area contributed by atoms with Crippen LogP contribution >= 0.6 is 0 Å². The van der Waals surface area contributed by atoms with E-state index < -0.39 is 0 Å². The Hall–Kier alpha value is -1.04. The van der Waals surface area contributed by atoms with Crippen molar-refractivity contribution in [1.82, 2.24) is 5.16 Å². The minimum atomic E-state index is -0.0692. The van der Waals surface area contributed by atoms with Gasteiger partial charge in [-0.3, -0.25) is 0 Å². The molecule has 0 aliphatic carbocycles. The summed E-state index contributed by atoms with van der Waals surface area (Å²) in [5.74, 6) is 1.88. The molecular formula is C13H15INO2+. The average Bonchev–Trinajstić information content (AvgIpc) is 2.67. The van der Waals surface area contributed by atoms with Gasteiger partial charge in [-0.05, 0) is 19.1 Å². The number of aromatic nitrogens is 1. The molecule has 0 bridgehead atoms. The van der Waals surface area contributed by atoms with E-state index in [2.05, 4.69) is 17.3 Å². The molecule has 0 aliphatic heterocycles. The SMILES string of the molecule is COc1ccc(C[I+]c2c(C)noc2C)cc1. The van der Waals surface area contributed by atoms with Gasteiger partial charge in [-0.1, -0.05) is 17.3 Å². The fourth-order valence-corrected chi connectivity index (χ4v) is 4.14. The molecule has 90 valence electrons. The number of hydrogen-bond acceptors (Lipinski definition) is 3. The molecule has 2 aromatic rings. The fourth-order valence-electron chi connectivity index (χ4n) is 1.52. The second kappa shape index (κ2) is 5.53. The molecule has 0 radical (unpaired) electrons. The van der Waals surface area contributed by atoms with Gasteiger partial charge in [0.15, 0.2) is 10.2 Å². The molecular weight excluding hydrogens is 329 g/mol. The van der Waals surface area contributed by atoms with E-state index >= 15 is 0 Å². The van der Waals surface area contributed by atoms with Crippen LogP contribution in [0, 0.1) is 17.4 Å². The molecule has 2 rings (SSSR count). The van der Waals surface area contributed by atoms with E-state index in [1.165, 1.54) is 9.13 Å². The van der Waals surface area contributed by atoms with E-state index in [0.717, 1.165) is 21.6 Å². The lowest BCUT2D eigenvalue weighted by atomic mass is 10.2. The third-order valence-electron chi connectivity index (χ3n) is 2.46. The highest BCUT2D eigenvalue weighted by atomic mass is 127. The second-order valence-electron chi connectivity index (χ2n) is 3.75. The molecule has 1 aromatic heterocycles. The first-order chi connectivity index (χ1) is 8.20. The van der Waals surface area contributed by atoms with Crippen LogP contribution in [0.2, 0.25) is 0 Å². The molecule has 0 amide bonds. The summed E-state index contributed by atoms with van der Waals surface area (Å²) in [7, 11) is 1.69. The lowest BCUT2D eigenvalue weighted by molar-refractivity contribution is -0.644. The molecule has 0 fully saturated rings. The molecule has 1 heterocycles. The number of rotatable bonds is 4. The zero-order valence-electron chi connectivity index (χ0n) is 10.2. The van der Waals surface area contributed by atoms with Crippen molar-refractivity contribution >= 4 is 0 Å². The van der Waals surface area contributed by atoms with Crippen molar-refractivity contribution in [3.05, 3.63) is 44.9 Å². The van der Waals surface area contributed by atoms with Gasteiger partial charge in [-0.2, -0.15) is 0 Å². The van der Waals surface area contributed by atoms with Gasteiger partial charge in [0.1, 0.15) is 11.4 Å². The van der Waals surface area contributed by atoms with Crippen molar-refractivity contribution in [3.8, 4) is 5.75 Å². The molecule has 3 nitrogen and oxygen atoms in total. The summed E-state index contributed by atoms with van der Waals surface area (Å²) in [5.41, 5.74) is 2.39. The van der Waals surface area contributed by atoms with Crippen LogP contribution in [0.3, 0.4) is 0 Å². The number of alkyl halides is 1. The lowest BCUT2D eigenvalue weighted by Crippen LogP contribution is -3.61. The van der Waals surface area contributed by atoms with Crippen LogP contribution in [0.25, 0.3) is 0 Å². The van der Waals surface area contributed by atoms with Crippen molar-refractivity contribution in [2.45, 2.75) is 18.3 Å². The first-order valence-electron chi connectivity index (χ1n) is 5.35. The lowest BCUT2D eigenvalue weighted by Gasteiger charge is -1.98. The molecule has 0 atom stereocenters. The molecule has 17 heavy (non-hydrogen) atoms. The Labute approximate surface area is 111 Å². The van der Waals surface area contributed by atoms with Crippen LogP contribution in [0.5, 0.6) is 5.75 Å². The summed E-state index contributed by atoms with van der Waals surface area (Å²) in [6.45, 7) is 4.00. The van der Waals surface area contributed by atoms with Crippen LogP contribution in [0.1, 0.15) is 17.0 Å². The Morgan fingerprint density at radius 3 is 2.47 bits per heavy atom. The Kier molecular flexibility index (Phi) is 4.04. The molecule has 0 aliphatic rings. The Balaban J connectivity index is 2.02. The monoisotopic (exact) mass is 344 g/mol. The van der Waals surface area contributed by atoms with Crippen molar-refractivity contribution in [3.63, 3.8) is 0 Å². The quantitative estimate of drug-likeness (QED) is 0.567. The average molecular weight is 344 g/mol. The number of benzene rings is 1. The Bertz CT molecular complexity index is 471. The highest BCUT2D eigenvalue weighted by molar-refractivity contribution is 5.26. The third-order valence-corrected chi connectivity index (χ3v) is 6.03. The van der Waals surface area contributed by atoms with Gasteiger partial charge < -0.3 is 9.26 Å². The maximum atomic E-state index is 5.18. The van der Waals surface area contributed by atoms with Gasteiger partial charge in [-0.25, -0.2) is 0 Å². The van der Waals surface area contributed by atoms with E-state index in [4.69, 9.17) is 9.26 Å². The Morgan fingerprint density at radius 1 is 1.24 bits per heavy atom. The number of hydrogen-bond donors (Lipinski definition) is 0. The predicted octanol–water partition coefficient (Wildman–Crippen LogP) is -0.241.